The van der Waals surface area contributed by atoms with Gasteiger partial charge in [0.15, 0.2) is 0 Å². The van der Waals surface area contributed by atoms with Crippen LogP contribution in [-0.2, 0) is 11.2 Å². The number of nitrogens with one attached hydrogen (secondary N) is 1. The molecule has 0 amide bonds. The molecule has 15 heavy (non-hydrogen) atoms. The zero-order valence-corrected chi connectivity index (χ0v) is 9.29. The number of rotatable bonds is 0. The highest BCUT2D eigenvalue weighted by Crippen LogP contribution is 2.39. The van der Waals surface area contributed by atoms with Crippen molar-refractivity contribution in [2.45, 2.75) is 38.0 Å². The molecule has 3 rings (SSSR count). The normalized spacial score (nSPS) is 32.1. The average Bonchev–Trinajstić information content (AvgIpc) is 2.55. The van der Waals surface area contributed by atoms with Crippen molar-refractivity contribution in [1.82, 2.24) is 5.32 Å². The molecule has 0 radical (unpaired) electrons. The summed E-state index contributed by atoms with van der Waals surface area (Å²) in [5, 5.41) is 3.59. The molecule has 80 valence electrons. The molecule has 0 saturated carbocycles. The lowest BCUT2D eigenvalue weighted by Gasteiger charge is -2.39. The van der Waals surface area contributed by atoms with Gasteiger partial charge in [-0.1, -0.05) is 24.3 Å². The van der Waals surface area contributed by atoms with Crippen LogP contribution < -0.4 is 5.32 Å². The fourth-order valence-electron chi connectivity index (χ4n) is 2.65. The lowest BCUT2D eigenvalue weighted by Crippen LogP contribution is -2.51. The Morgan fingerprint density at radius 2 is 2.13 bits per heavy atom. The van der Waals surface area contributed by atoms with E-state index in [-0.39, 0.29) is 11.7 Å². The van der Waals surface area contributed by atoms with E-state index in [4.69, 9.17) is 4.74 Å². The molecule has 1 fully saturated rings. The van der Waals surface area contributed by atoms with Crippen molar-refractivity contribution < 1.29 is 4.74 Å². The molecule has 1 saturated heterocycles. The van der Waals surface area contributed by atoms with Crippen molar-refractivity contribution >= 4 is 0 Å². The van der Waals surface area contributed by atoms with Gasteiger partial charge in [-0.05, 0) is 31.4 Å². The van der Waals surface area contributed by atoms with E-state index in [2.05, 4.69) is 43.4 Å². The van der Waals surface area contributed by atoms with Crippen molar-refractivity contribution in [3.63, 3.8) is 0 Å². The molecular weight excluding hydrogens is 186 g/mol. The van der Waals surface area contributed by atoms with Gasteiger partial charge in [0.2, 0.25) is 0 Å². The summed E-state index contributed by atoms with van der Waals surface area (Å²) in [5.41, 5.74) is 2.78. The number of ether oxygens (including phenoxy) is 1. The van der Waals surface area contributed by atoms with Crippen molar-refractivity contribution in [3.05, 3.63) is 35.4 Å². The Hall–Kier alpha value is -0.860. The van der Waals surface area contributed by atoms with Crippen LogP contribution in [-0.4, -0.2) is 18.2 Å². The van der Waals surface area contributed by atoms with Crippen LogP contribution in [0.3, 0.4) is 0 Å². The van der Waals surface area contributed by atoms with Crippen LogP contribution in [0.2, 0.25) is 0 Å². The lowest BCUT2D eigenvalue weighted by molar-refractivity contribution is -0.112. The lowest BCUT2D eigenvalue weighted by atomic mass is 10.0. The maximum atomic E-state index is 6.16. The van der Waals surface area contributed by atoms with Gasteiger partial charge in [-0.25, -0.2) is 0 Å². The van der Waals surface area contributed by atoms with E-state index in [1.54, 1.807) is 0 Å². The standard InChI is InChI=1S/C13H17NO/c1-13(2)8-14-11-7-9-5-3-4-6-10(9)12(11)15-13/h3-6,11-12,14H,7-8H2,1-2H3. The Kier molecular flexibility index (Phi) is 1.91. The molecule has 1 N–H and O–H groups in total. The van der Waals surface area contributed by atoms with E-state index in [0.717, 1.165) is 13.0 Å². The molecule has 0 spiro atoms. The third-order valence-electron chi connectivity index (χ3n) is 3.40. The number of hydrogen-bond donors (Lipinski definition) is 1. The third-order valence-corrected chi connectivity index (χ3v) is 3.40. The first-order valence-electron chi connectivity index (χ1n) is 5.65. The highest BCUT2D eigenvalue weighted by molar-refractivity contribution is 5.36. The minimum absolute atomic E-state index is 0.0430. The summed E-state index contributed by atoms with van der Waals surface area (Å²) in [4.78, 5) is 0. The van der Waals surface area contributed by atoms with Crippen LogP contribution in [0.5, 0.6) is 0 Å². The fourth-order valence-corrected chi connectivity index (χ4v) is 2.65. The maximum Gasteiger partial charge on any atom is 0.0991 e. The van der Waals surface area contributed by atoms with Crippen LogP contribution in [0.1, 0.15) is 31.1 Å². The van der Waals surface area contributed by atoms with Gasteiger partial charge in [0, 0.05) is 12.6 Å². The first kappa shape index (κ1) is 9.37. The minimum atomic E-state index is -0.0430. The van der Waals surface area contributed by atoms with E-state index in [9.17, 15) is 0 Å². The zero-order chi connectivity index (χ0) is 10.5. The van der Waals surface area contributed by atoms with Gasteiger partial charge < -0.3 is 10.1 Å². The first-order chi connectivity index (χ1) is 7.16. The highest BCUT2D eigenvalue weighted by Gasteiger charge is 2.40. The molecule has 2 atom stereocenters. The number of benzene rings is 1. The summed E-state index contributed by atoms with van der Waals surface area (Å²) in [6.07, 6.45) is 1.36. The van der Waals surface area contributed by atoms with Crippen LogP contribution in [0.25, 0.3) is 0 Å². The summed E-state index contributed by atoms with van der Waals surface area (Å²) in [5.74, 6) is 0. The van der Waals surface area contributed by atoms with Crippen molar-refractivity contribution in [2.75, 3.05) is 6.54 Å². The van der Waals surface area contributed by atoms with E-state index in [1.165, 1.54) is 11.1 Å². The maximum absolute atomic E-state index is 6.16. The van der Waals surface area contributed by atoms with Crippen molar-refractivity contribution in [3.8, 4) is 0 Å². The monoisotopic (exact) mass is 203 g/mol. The molecule has 1 aliphatic heterocycles. The Labute approximate surface area is 90.6 Å². The summed E-state index contributed by atoms with van der Waals surface area (Å²) in [6, 6.07) is 9.11. The summed E-state index contributed by atoms with van der Waals surface area (Å²) in [7, 11) is 0. The molecule has 2 unspecified atom stereocenters. The molecule has 1 heterocycles. The number of hydrogen-bond acceptors (Lipinski definition) is 2. The van der Waals surface area contributed by atoms with E-state index in [0.29, 0.717) is 6.04 Å². The van der Waals surface area contributed by atoms with Gasteiger partial charge in [-0.3, -0.25) is 0 Å². The van der Waals surface area contributed by atoms with Gasteiger partial charge in [0.25, 0.3) is 0 Å². The fraction of sp³-hybridized carbons (Fsp3) is 0.538. The molecule has 0 bridgehead atoms. The minimum Gasteiger partial charge on any atom is -0.365 e. The number of morpholine rings is 1. The van der Waals surface area contributed by atoms with Gasteiger partial charge in [-0.15, -0.1) is 0 Å². The molecule has 0 aromatic heterocycles. The van der Waals surface area contributed by atoms with Gasteiger partial charge in [0.1, 0.15) is 0 Å². The quantitative estimate of drug-likeness (QED) is 0.697. The van der Waals surface area contributed by atoms with E-state index >= 15 is 0 Å². The van der Waals surface area contributed by atoms with Crippen LogP contribution in [0.4, 0.5) is 0 Å². The Morgan fingerprint density at radius 1 is 1.33 bits per heavy atom. The predicted octanol–water partition coefficient (Wildman–Crippen LogP) is 2.05. The number of fused-ring (bicyclic) bond motifs is 3. The predicted molar refractivity (Wildman–Crippen MR) is 59.8 cm³/mol. The topological polar surface area (TPSA) is 21.3 Å². The Bertz CT molecular complexity index is 386. The van der Waals surface area contributed by atoms with Gasteiger partial charge in [-0.2, -0.15) is 0 Å². The van der Waals surface area contributed by atoms with Crippen LogP contribution in [0.15, 0.2) is 24.3 Å². The molecule has 2 aliphatic rings. The summed E-state index contributed by atoms with van der Waals surface area (Å²) >= 11 is 0. The highest BCUT2D eigenvalue weighted by atomic mass is 16.5. The van der Waals surface area contributed by atoms with Gasteiger partial charge in [0.05, 0.1) is 11.7 Å². The first-order valence-corrected chi connectivity index (χ1v) is 5.65. The van der Waals surface area contributed by atoms with Gasteiger partial charge >= 0.3 is 0 Å². The van der Waals surface area contributed by atoms with Crippen molar-refractivity contribution in [1.29, 1.82) is 0 Å². The SMILES string of the molecule is CC1(C)CNC2Cc3ccccc3C2O1. The largest absolute Gasteiger partial charge is 0.365 e. The van der Waals surface area contributed by atoms with E-state index in [1.807, 2.05) is 0 Å². The Morgan fingerprint density at radius 3 is 3.00 bits per heavy atom. The zero-order valence-electron chi connectivity index (χ0n) is 9.29. The smallest absolute Gasteiger partial charge is 0.0991 e. The Balaban J connectivity index is 1.96. The molecule has 1 aliphatic carbocycles. The molecule has 1 aromatic carbocycles. The average molecular weight is 203 g/mol. The molecule has 2 nitrogen and oxygen atoms in total. The van der Waals surface area contributed by atoms with Crippen LogP contribution >= 0.6 is 0 Å². The third kappa shape index (κ3) is 1.48. The molecule has 1 aromatic rings. The van der Waals surface area contributed by atoms with Crippen molar-refractivity contribution in [2.24, 2.45) is 0 Å². The van der Waals surface area contributed by atoms with E-state index < -0.39 is 0 Å². The second kappa shape index (κ2) is 3.06. The second-order valence-electron chi connectivity index (χ2n) is 5.19. The summed E-state index contributed by atoms with van der Waals surface area (Å²) < 4.78 is 6.16. The molecule has 2 heteroatoms. The second-order valence-corrected chi connectivity index (χ2v) is 5.19. The van der Waals surface area contributed by atoms with Crippen LogP contribution in [0, 0.1) is 0 Å². The molecular formula is C13H17NO. The summed E-state index contributed by atoms with van der Waals surface area (Å²) in [6.45, 7) is 5.25.